The van der Waals surface area contributed by atoms with Crippen molar-refractivity contribution in [2.24, 2.45) is 0 Å². The number of aryl methyl sites for hydroxylation is 1. The van der Waals surface area contributed by atoms with E-state index in [2.05, 4.69) is 20.6 Å². The molecule has 0 aliphatic heterocycles. The predicted molar refractivity (Wildman–Crippen MR) is 112 cm³/mol. The Morgan fingerprint density at radius 3 is 2.47 bits per heavy atom. The highest BCUT2D eigenvalue weighted by molar-refractivity contribution is 5.94. The molecular weight excluding hydrogens is 383 g/mol. The molecule has 4 rings (SSSR count). The lowest BCUT2D eigenvalue weighted by Crippen LogP contribution is -2.22. The normalized spacial score (nSPS) is 10.6. The van der Waals surface area contributed by atoms with Crippen LogP contribution in [0.15, 0.2) is 77.3 Å². The van der Waals surface area contributed by atoms with E-state index < -0.39 is 0 Å². The molecule has 0 aliphatic rings. The van der Waals surface area contributed by atoms with E-state index in [9.17, 15) is 9.18 Å². The first-order valence-corrected chi connectivity index (χ1v) is 9.36. The Labute approximate surface area is 172 Å². The molecule has 2 heterocycles. The van der Waals surface area contributed by atoms with Crippen molar-refractivity contribution >= 4 is 17.4 Å². The zero-order valence-electron chi connectivity index (χ0n) is 16.2. The van der Waals surface area contributed by atoms with Gasteiger partial charge in [0.2, 0.25) is 0 Å². The molecule has 1 amide bonds. The maximum absolute atomic E-state index is 13.1. The Morgan fingerprint density at radius 1 is 1.00 bits per heavy atom. The number of benzene rings is 2. The maximum atomic E-state index is 13.1. The second-order valence-corrected chi connectivity index (χ2v) is 6.67. The summed E-state index contributed by atoms with van der Waals surface area (Å²) in [6.07, 6.45) is 1.63. The van der Waals surface area contributed by atoms with Gasteiger partial charge in [-0.2, -0.15) is 0 Å². The number of hydrogen-bond donors (Lipinski definition) is 2. The van der Waals surface area contributed by atoms with Gasteiger partial charge < -0.3 is 15.1 Å². The first-order chi connectivity index (χ1) is 14.6. The molecule has 0 unspecified atom stereocenters. The number of furan rings is 1. The smallest absolute Gasteiger partial charge is 0.251 e. The van der Waals surface area contributed by atoms with Gasteiger partial charge in [0.15, 0.2) is 5.82 Å². The Balaban J connectivity index is 1.40. The summed E-state index contributed by atoms with van der Waals surface area (Å²) in [6, 6.07) is 18.5. The van der Waals surface area contributed by atoms with E-state index in [1.807, 2.05) is 19.1 Å². The molecule has 2 aromatic carbocycles. The fraction of sp³-hybridized carbons (Fsp3) is 0.0870. The molecule has 6 nitrogen and oxygen atoms in total. The largest absolute Gasteiger partial charge is 0.465 e. The summed E-state index contributed by atoms with van der Waals surface area (Å²) in [4.78, 5) is 21.0. The van der Waals surface area contributed by atoms with Crippen LogP contribution >= 0.6 is 0 Å². The molecule has 0 radical (unpaired) electrons. The maximum Gasteiger partial charge on any atom is 0.251 e. The van der Waals surface area contributed by atoms with Crippen LogP contribution < -0.4 is 10.6 Å². The quantitative estimate of drug-likeness (QED) is 0.482. The second kappa shape index (κ2) is 8.57. The number of rotatable bonds is 6. The molecule has 7 heteroatoms. The van der Waals surface area contributed by atoms with Gasteiger partial charge in [0.05, 0.1) is 6.54 Å². The van der Waals surface area contributed by atoms with E-state index in [1.54, 1.807) is 48.7 Å². The fourth-order valence-corrected chi connectivity index (χ4v) is 2.87. The summed E-state index contributed by atoms with van der Waals surface area (Å²) in [5.41, 5.74) is 2.04. The van der Waals surface area contributed by atoms with E-state index in [0.717, 1.165) is 17.0 Å². The van der Waals surface area contributed by atoms with Crippen molar-refractivity contribution in [3.63, 3.8) is 0 Å². The third kappa shape index (κ3) is 4.70. The van der Waals surface area contributed by atoms with Gasteiger partial charge in [-0.3, -0.25) is 4.79 Å². The van der Waals surface area contributed by atoms with Crippen molar-refractivity contribution in [2.75, 3.05) is 5.32 Å². The van der Waals surface area contributed by atoms with Crippen LogP contribution in [0.5, 0.6) is 0 Å². The van der Waals surface area contributed by atoms with Gasteiger partial charge in [-0.25, -0.2) is 14.4 Å². The summed E-state index contributed by atoms with van der Waals surface area (Å²) < 4.78 is 18.6. The highest BCUT2D eigenvalue weighted by atomic mass is 19.1. The molecule has 2 aromatic heterocycles. The number of anilines is 2. The van der Waals surface area contributed by atoms with Crippen LogP contribution in [0.4, 0.5) is 15.9 Å². The van der Waals surface area contributed by atoms with Crippen molar-refractivity contribution in [3.8, 4) is 11.4 Å². The van der Waals surface area contributed by atoms with E-state index in [1.165, 1.54) is 12.1 Å². The minimum absolute atomic E-state index is 0.184. The lowest BCUT2D eigenvalue weighted by atomic mass is 10.2. The average molecular weight is 402 g/mol. The molecule has 150 valence electrons. The molecule has 0 saturated heterocycles. The van der Waals surface area contributed by atoms with Crippen molar-refractivity contribution < 1.29 is 13.6 Å². The van der Waals surface area contributed by atoms with E-state index in [0.29, 0.717) is 29.5 Å². The first-order valence-electron chi connectivity index (χ1n) is 9.36. The van der Waals surface area contributed by atoms with Crippen molar-refractivity contribution in [1.82, 2.24) is 15.3 Å². The van der Waals surface area contributed by atoms with Gasteiger partial charge in [0.25, 0.3) is 5.91 Å². The standard InChI is InChI=1S/C23H19FN4O2/c1-15-2-11-20(30-15)14-26-23(29)17-5-9-19(10-6-17)27-21-12-13-25-22(28-21)16-3-7-18(24)8-4-16/h2-13H,14H2,1H3,(H,26,29)(H,25,27,28). The summed E-state index contributed by atoms with van der Waals surface area (Å²) in [6.45, 7) is 2.19. The number of aromatic nitrogens is 2. The Morgan fingerprint density at radius 2 is 1.77 bits per heavy atom. The van der Waals surface area contributed by atoms with Crippen LogP contribution in [0.25, 0.3) is 11.4 Å². The molecule has 30 heavy (non-hydrogen) atoms. The zero-order valence-corrected chi connectivity index (χ0v) is 16.2. The third-order valence-electron chi connectivity index (χ3n) is 4.40. The SMILES string of the molecule is Cc1ccc(CNC(=O)c2ccc(Nc3ccnc(-c4ccc(F)cc4)n3)cc2)o1. The van der Waals surface area contributed by atoms with Crippen molar-refractivity contribution in [1.29, 1.82) is 0 Å². The van der Waals surface area contributed by atoms with Crippen LogP contribution in [0, 0.1) is 12.7 Å². The molecule has 0 spiro atoms. The van der Waals surface area contributed by atoms with Crippen LogP contribution in [0.1, 0.15) is 21.9 Å². The fourth-order valence-electron chi connectivity index (χ4n) is 2.87. The van der Waals surface area contributed by atoms with Crippen molar-refractivity contribution in [2.45, 2.75) is 13.5 Å². The number of hydrogen-bond acceptors (Lipinski definition) is 5. The predicted octanol–water partition coefficient (Wildman–Crippen LogP) is 4.86. The van der Waals surface area contributed by atoms with Crippen molar-refractivity contribution in [3.05, 3.63) is 95.8 Å². The highest BCUT2D eigenvalue weighted by Crippen LogP contribution is 2.20. The first kappa shape index (κ1) is 19.3. The van der Waals surface area contributed by atoms with E-state index in [-0.39, 0.29) is 11.7 Å². The van der Waals surface area contributed by atoms with Crippen LogP contribution in [-0.2, 0) is 6.54 Å². The Hall–Kier alpha value is -4.00. The monoisotopic (exact) mass is 402 g/mol. The molecule has 0 fully saturated rings. The summed E-state index contributed by atoms with van der Waals surface area (Å²) in [5.74, 6) is 2.10. The lowest BCUT2D eigenvalue weighted by Gasteiger charge is -2.08. The molecule has 4 aromatic rings. The second-order valence-electron chi connectivity index (χ2n) is 6.67. The van der Waals surface area contributed by atoms with E-state index in [4.69, 9.17) is 4.42 Å². The molecule has 0 saturated carbocycles. The Bertz CT molecular complexity index is 1150. The lowest BCUT2D eigenvalue weighted by molar-refractivity contribution is 0.0948. The molecule has 0 atom stereocenters. The number of nitrogens with one attached hydrogen (secondary N) is 2. The third-order valence-corrected chi connectivity index (χ3v) is 4.40. The number of nitrogens with zero attached hydrogens (tertiary/aromatic N) is 2. The number of amides is 1. The van der Waals surface area contributed by atoms with Crippen LogP contribution in [0.2, 0.25) is 0 Å². The molecular formula is C23H19FN4O2. The number of halogens is 1. The minimum atomic E-state index is -0.309. The number of carbonyl (C=O) groups excluding carboxylic acids is 1. The van der Waals surface area contributed by atoms with Gasteiger partial charge in [-0.1, -0.05) is 0 Å². The minimum Gasteiger partial charge on any atom is -0.465 e. The topological polar surface area (TPSA) is 80.0 Å². The molecule has 0 bridgehead atoms. The molecule has 2 N–H and O–H groups in total. The van der Waals surface area contributed by atoms with Gasteiger partial charge in [0.1, 0.15) is 23.2 Å². The summed E-state index contributed by atoms with van der Waals surface area (Å²) in [5, 5.41) is 6.01. The van der Waals surface area contributed by atoms with Gasteiger partial charge in [-0.05, 0) is 73.7 Å². The molecule has 0 aliphatic carbocycles. The van der Waals surface area contributed by atoms with Crippen LogP contribution in [0.3, 0.4) is 0 Å². The van der Waals surface area contributed by atoms with Gasteiger partial charge >= 0.3 is 0 Å². The van der Waals surface area contributed by atoms with Gasteiger partial charge in [0, 0.05) is 23.0 Å². The number of carbonyl (C=O) groups is 1. The summed E-state index contributed by atoms with van der Waals surface area (Å²) in [7, 11) is 0. The summed E-state index contributed by atoms with van der Waals surface area (Å²) >= 11 is 0. The highest BCUT2D eigenvalue weighted by Gasteiger charge is 2.08. The zero-order chi connectivity index (χ0) is 20.9. The van der Waals surface area contributed by atoms with Crippen LogP contribution in [-0.4, -0.2) is 15.9 Å². The van der Waals surface area contributed by atoms with Gasteiger partial charge in [-0.15, -0.1) is 0 Å². The Kier molecular flexibility index (Phi) is 5.52. The average Bonchev–Trinajstić information content (AvgIpc) is 3.18. The van der Waals surface area contributed by atoms with E-state index >= 15 is 0 Å².